The Kier molecular flexibility index (Phi) is 3.78. The Balaban J connectivity index is 1.54. The van der Waals surface area contributed by atoms with Gasteiger partial charge in [-0.2, -0.15) is 23.3 Å². The van der Waals surface area contributed by atoms with E-state index in [9.17, 15) is 13.2 Å². The summed E-state index contributed by atoms with van der Waals surface area (Å²) in [5.41, 5.74) is 2.46. The maximum absolute atomic E-state index is 12.4. The molecule has 26 heavy (non-hydrogen) atoms. The minimum absolute atomic E-state index is 0.294. The summed E-state index contributed by atoms with van der Waals surface area (Å²) in [6, 6.07) is 2.25. The average molecular weight is 365 g/mol. The zero-order chi connectivity index (χ0) is 18.5. The van der Waals surface area contributed by atoms with Gasteiger partial charge in [-0.1, -0.05) is 0 Å². The number of likely N-dealkylation sites (N-methyl/N-ethyl adjacent to an activating group) is 1. The van der Waals surface area contributed by atoms with Crippen molar-refractivity contribution in [1.29, 1.82) is 0 Å². The molecule has 1 N–H and O–H groups in total. The third-order valence-electron chi connectivity index (χ3n) is 4.53. The fourth-order valence-corrected chi connectivity index (χ4v) is 3.13. The van der Waals surface area contributed by atoms with Crippen LogP contribution in [0.3, 0.4) is 0 Å². The highest BCUT2D eigenvalue weighted by Gasteiger charge is 2.28. The van der Waals surface area contributed by atoms with E-state index >= 15 is 0 Å². The van der Waals surface area contributed by atoms with Gasteiger partial charge in [-0.3, -0.25) is 4.68 Å². The Labute approximate surface area is 147 Å². The highest BCUT2D eigenvalue weighted by Crippen LogP contribution is 2.31. The quantitative estimate of drug-likeness (QED) is 0.770. The van der Waals surface area contributed by atoms with Crippen molar-refractivity contribution in [3.63, 3.8) is 0 Å². The van der Waals surface area contributed by atoms with Crippen LogP contribution in [0.4, 0.5) is 24.9 Å². The van der Waals surface area contributed by atoms with Gasteiger partial charge >= 0.3 is 6.18 Å². The van der Waals surface area contributed by atoms with E-state index in [1.165, 1.54) is 12.4 Å². The van der Waals surface area contributed by atoms with Gasteiger partial charge in [-0.15, -0.1) is 0 Å². The van der Waals surface area contributed by atoms with E-state index in [0.29, 0.717) is 24.1 Å². The second kappa shape index (κ2) is 5.89. The minimum Gasteiger partial charge on any atom is -0.353 e. The highest BCUT2D eigenvalue weighted by atomic mass is 19.4. The molecule has 1 aliphatic heterocycles. The molecular weight excluding hydrogens is 347 g/mol. The average Bonchev–Trinajstić information content (AvgIpc) is 3.16. The smallest absolute Gasteiger partial charge is 0.353 e. The van der Waals surface area contributed by atoms with Crippen molar-refractivity contribution in [2.75, 3.05) is 17.3 Å². The molecule has 1 aliphatic rings. The van der Waals surface area contributed by atoms with E-state index in [-0.39, 0.29) is 0 Å². The number of aromatic nitrogens is 5. The van der Waals surface area contributed by atoms with Crippen molar-refractivity contribution < 1.29 is 13.2 Å². The van der Waals surface area contributed by atoms with Crippen molar-refractivity contribution in [3.05, 3.63) is 30.2 Å². The summed E-state index contributed by atoms with van der Waals surface area (Å²) in [5.74, 6) is 1.28. The van der Waals surface area contributed by atoms with Crippen LogP contribution in [0.1, 0.15) is 12.5 Å². The van der Waals surface area contributed by atoms with Crippen molar-refractivity contribution in [1.82, 2.24) is 24.3 Å². The lowest BCUT2D eigenvalue weighted by molar-refractivity contribution is -0.142. The Hall–Kier alpha value is -2.78. The van der Waals surface area contributed by atoms with Gasteiger partial charge in [0, 0.05) is 44.1 Å². The number of rotatable bonds is 4. The number of halogens is 3. The van der Waals surface area contributed by atoms with Crippen LogP contribution in [0.25, 0.3) is 11.0 Å². The lowest BCUT2D eigenvalue weighted by atomic mass is 10.2. The van der Waals surface area contributed by atoms with Crippen LogP contribution >= 0.6 is 0 Å². The first-order valence-electron chi connectivity index (χ1n) is 8.22. The maximum Gasteiger partial charge on any atom is 0.408 e. The van der Waals surface area contributed by atoms with Crippen molar-refractivity contribution >= 4 is 22.8 Å². The molecule has 0 spiro atoms. The van der Waals surface area contributed by atoms with E-state index in [0.717, 1.165) is 28.1 Å². The molecule has 3 aromatic heterocycles. The molecule has 10 heteroatoms. The Morgan fingerprint density at radius 3 is 2.88 bits per heavy atom. The standard InChI is InChI=1S/C16H18F3N7/c1-10-7-25-4-3-12-13(25)14(24(10)2)23-15(22-12)20-5-11-6-21-26(8-11)9-16(17,18)19/h3-4,6,8,10H,5,7,9H2,1-2H3,(H,20,22,23). The predicted octanol–water partition coefficient (Wildman–Crippen LogP) is 2.64. The number of nitrogens with one attached hydrogen (secondary N) is 1. The molecule has 0 radical (unpaired) electrons. The molecular formula is C16H18F3N7. The maximum atomic E-state index is 12.4. The number of anilines is 2. The molecule has 1 atom stereocenters. The normalized spacial score (nSPS) is 17.1. The second-order valence-corrected chi connectivity index (χ2v) is 6.55. The SMILES string of the molecule is CC1Cn2ccc3nc(NCc4cnn(CC(F)(F)F)c4)nc(c32)N1C. The lowest BCUT2D eigenvalue weighted by Gasteiger charge is -2.32. The molecule has 4 heterocycles. The fraction of sp³-hybridized carbons (Fsp3) is 0.438. The monoisotopic (exact) mass is 365 g/mol. The molecule has 0 bridgehead atoms. The van der Waals surface area contributed by atoms with Crippen LogP contribution in [-0.4, -0.2) is 43.6 Å². The molecule has 0 saturated carbocycles. The Morgan fingerprint density at radius 2 is 2.12 bits per heavy atom. The molecule has 0 saturated heterocycles. The van der Waals surface area contributed by atoms with Crippen LogP contribution in [0.15, 0.2) is 24.7 Å². The summed E-state index contributed by atoms with van der Waals surface area (Å²) in [5, 5.41) is 6.82. The van der Waals surface area contributed by atoms with Crippen LogP contribution < -0.4 is 10.2 Å². The number of hydrogen-bond acceptors (Lipinski definition) is 5. The number of nitrogens with zero attached hydrogens (tertiary/aromatic N) is 6. The lowest BCUT2D eigenvalue weighted by Crippen LogP contribution is -2.37. The zero-order valence-electron chi connectivity index (χ0n) is 14.3. The number of alkyl halides is 3. The molecule has 3 aromatic rings. The van der Waals surface area contributed by atoms with E-state index in [1.54, 1.807) is 0 Å². The third kappa shape index (κ3) is 3.06. The second-order valence-electron chi connectivity index (χ2n) is 6.55. The van der Waals surface area contributed by atoms with Gasteiger partial charge in [0.15, 0.2) is 5.82 Å². The molecule has 0 fully saturated rings. The van der Waals surface area contributed by atoms with E-state index in [2.05, 4.69) is 36.8 Å². The predicted molar refractivity (Wildman–Crippen MR) is 91.0 cm³/mol. The van der Waals surface area contributed by atoms with E-state index in [1.807, 2.05) is 19.3 Å². The summed E-state index contributed by atoms with van der Waals surface area (Å²) in [6.07, 6.45) is 0.485. The Bertz CT molecular complexity index is 943. The summed E-state index contributed by atoms with van der Waals surface area (Å²) in [4.78, 5) is 11.2. The van der Waals surface area contributed by atoms with Gasteiger partial charge in [-0.05, 0) is 13.0 Å². The van der Waals surface area contributed by atoms with Crippen molar-refractivity contribution in [3.8, 4) is 0 Å². The van der Waals surface area contributed by atoms with Crippen LogP contribution in [0.5, 0.6) is 0 Å². The van der Waals surface area contributed by atoms with Gasteiger partial charge in [-0.25, -0.2) is 4.98 Å². The molecule has 4 rings (SSSR count). The van der Waals surface area contributed by atoms with Gasteiger partial charge in [0.1, 0.15) is 12.1 Å². The van der Waals surface area contributed by atoms with Gasteiger partial charge in [0.05, 0.1) is 11.7 Å². The summed E-state index contributed by atoms with van der Waals surface area (Å²) in [7, 11) is 1.99. The molecule has 7 nitrogen and oxygen atoms in total. The first kappa shape index (κ1) is 16.7. The third-order valence-corrected chi connectivity index (χ3v) is 4.53. The van der Waals surface area contributed by atoms with Crippen molar-refractivity contribution in [2.45, 2.75) is 38.8 Å². The van der Waals surface area contributed by atoms with E-state index < -0.39 is 12.7 Å². The van der Waals surface area contributed by atoms with Gasteiger partial charge < -0.3 is 14.8 Å². The number of hydrogen-bond donors (Lipinski definition) is 1. The Morgan fingerprint density at radius 1 is 1.31 bits per heavy atom. The molecule has 138 valence electrons. The van der Waals surface area contributed by atoms with Crippen LogP contribution in [0, 0.1) is 0 Å². The van der Waals surface area contributed by atoms with Gasteiger partial charge in [0.2, 0.25) is 5.95 Å². The molecule has 0 aromatic carbocycles. The molecule has 0 aliphatic carbocycles. The fourth-order valence-electron chi connectivity index (χ4n) is 3.13. The topological polar surface area (TPSA) is 63.8 Å². The first-order chi connectivity index (χ1) is 12.3. The minimum atomic E-state index is -4.29. The largest absolute Gasteiger partial charge is 0.408 e. The summed E-state index contributed by atoms with van der Waals surface area (Å²) in [6.45, 7) is 2.19. The first-order valence-corrected chi connectivity index (χ1v) is 8.22. The van der Waals surface area contributed by atoms with Crippen LogP contribution in [0.2, 0.25) is 0 Å². The van der Waals surface area contributed by atoms with E-state index in [4.69, 9.17) is 0 Å². The summed E-state index contributed by atoms with van der Waals surface area (Å²) >= 11 is 0. The summed E-state index contributed by atoms with van der Waals surface area (Å²) < 4.78 is 40.2. The molecule has 0 amide bonds. The molecule has 1 unspecified atom stereocenters. The van der Waals surface area contributed by atoms with Crippen molar-refractivity contribution in [2.24, 2.45) is 0 Å². The highest BCUT2D eigenvalue weighted by molar-refractivity contribution is 5.89. The zero-order valence-corrected chi connectivity index (χ0v) is 14.3. The van der Waals surface area contributed by atoms with Gasteiger partial charge in [0.25, 0.3) is 0 Å². The van der Waals surface area contributed by atoms with Crippen LogP contribution in [-0.2, 0) is 19.6 Å².